The van der Waals surface area contributed by atoms with Gasteiger partial charge in [-0.25, -0.2) is 15.0 Å². The third kappa shape index (κ3) is 3.90. The Balaban J connectivity index is 1.48. The van der Waals surface area contributed by atoms with E-state index in [1.807, 2.05) is 18.2 Å². The molecule has 0 amide bonds. The van der Waals surface area contributed by atoms with Crippen LogP contribution in [0.4, 0.5) is 11.8 Å². The number of nitrogens with zero attached hydrogens (tertiary/aromatic N) is 4. The first kappa shape index (κ1) is 21.4. The summed E-state index contributed by atoms with van der Waals surface area (Å²) in [6.07, 6.45) is -0.581. The summed E-state index contributed by atoms with van der Waals surface area (Å²) in [6, 6.07) is 10.1. The zero-order valence-electron chi connectivity index (χ0n) is 17.2. The molecule has 170 valence electrons. The summed E-state index contributed by atoms with van der Waals surface area (Å²) in [4.78, 5) is 32.8. The molecular weight excluding hydrogens is 439 g/mol. The van der Waals surface area contributed by atoms with Gasteiger partial charge in [0.25, 0.3) is 0 Å². The number of hydrogen-bond acceptors (Lipinski definition) is 11. The molecule has 1 aromatic carbocycles. The van der Waals surface area contributed by atoms with Crippen molar-refractivity contribution in [2.24, 2.45) is 0 Å². The van der Waals surface area contributed by atoms with Gasteiger partial charge in [0, 0.05) is 13.7 Å². The van der Waals surface area contributed by atoms with Gasteiger partial charge >= 0.3 is 8.17 Å². The van der Waals surface area contributed by atoms with Crippen LogP contribution in [0.2, 0.25) is 0 Å². The van der Waals surface area contributed by atoms with Crippen molar-refractivity contribution in [3.05, 3.63) is 42.2 Å². The summed E-state index contributed by atoms with van der Waals surface area (Å²) in [5.41, 5.74) is 8.10. The Morgan fingerprint density at radius 2 is 2.09 bits per heavy atom. The van der Waals surface area contributed by atoms with Crippen LogP contribution in [-0.4, -0.2) is 67.9 Å². The molecular formula is C19H24N6O6P+. The second-order valence-corrected chi connectivity index (χ2v) is 8.97. The van der Waals surface area contributed by atoms with Crippen LogP contribution in [0.15, 0.2) is 36.7 Å². The van der Waals surface area contributed by atoms with E-state index in [1.165, 1.54) is 19.0 Å². The molecule has 13 heteroatoms. The van der Waals surface area contributed by atoms with Crippen molar-refractivity contribution >= 4 is 31.1 Å². The number of ether oxygens (including phenoxy) is 2. The highest BCUT2D eigenvalue weighted by Crippen LogP contribution is 2.59. The van der Waals surface area contributed by atoms with Gasteiger partial charge in [0.15, 0.2) is 29.3 Å². The number of nitrogens with one attached hydrogen (secondary N) is 1. The Bertz CT molecular complexity index is 1100. The molecule has 5 N–H and O–H groups in total. The van der Waals surface area contributed by atoms with E-state index in [-0.39, 0.29) is 12.4 Å². The number of hydrogen-bond donors (Lipinski definition) is 4. The van der Waals surface area contributed by atoms with Gasteiger partial charge in [-0.3, -0.25) is 4.57 Å². The molecule has 12 nitrogen and oxygen atoms in total. The quantitative estimate of drug-likeness (QED) is 0.387. The number of fused-ring (bicyclic) bond motifs is 2. The predicted molar refractivity (Wildman–Crippen MR) is 115 cm³/mol. The number of benzene rings is 1. The summed E-state index contributed by atoms with van der Waals surface area (Å²) in [6.45, 7) is 0.557. The molecule has 0 bridgehead atoms. The Labute approximate surface area is 184 Å². The highest BCUT2D eigenvalue weighted by Gasteiger charge is 2.60. The van der Waals surface area contributed by atoms with Crippen LogP contribution < -0.4 is 11.1 Å². The molecule has 2 aromatic heterocycles. The molecule has 2 fully saturated rings. The number of methoxy groups -OCH3 is 1. The van der Waals surface area contributed by atoms with Crippen molar-refractivity contribution in [1.82, 2.24) is 19.5 Å². The predicted octanol–water partition coefficient (Wildman–Crippen LogP) is 1.05. The van der Waals surface area contributed by atoms with E-state index in [1.54, 1.807) is 4.57 Å². The summed E-state index contributed by atoms with van der Waals surface area (Å²) in [7, 11) is -2.42. The Hall–Kier alpha value is -2.44. The average Bonchev–Trinajstić information content (AvgIpc) is 3.31. The normalized spacial score (nSPS) is 26.8. The topological polar surface area (TPSA) is 159 Å². The first-order chi connectivity index (χ1) is 15.5. The standard InChI is InChI=1S/C19H24N6O6P/c1-28-15-14-12(9-29-32(26,27)31-14)30-18(15)25-17-13(16(20)22-10-23-17)24-19(25)21-8-7-11-5-3-2-4-6-11/h2-6,10,12,14-15,18,26-27H,7-9H2,1H3,(H,21,24)(H2,20,22,23)/q+1/t12-,14-,15?,18+/m0/s1. The third-order valence-corrected chi connectivity index (χ3v) is 6.53. The van der Waals surface area contributed by atoms with E-state index in [9.17, 15) is 9.79 Å². The van der Waals surface area contributed by atoms with Gasteiger partial charge in [-0.15, -0.1) is 4.52 Å². The van der Waals surface area contributed by atoms with Crippen LogP contribution >= 0.6 is 8.17 Å². The van der Waals surface area contributed by atoms with Crippen molar-refractivity contribution in [3.8, 4) is 0 Å². The molecule has 2 saturated heterocycles. The maximum atomic E-state index is 9.88. The van der Waals surface area contributed by atoms with Gasteiger partial charge in [-0.1, -0.05) is 30.3 Å². The van der Waals surface area contributed by atoms with Crippen molar-refractivity contribution in [2.75, 3.05) is 31.3 Å². The molecule has 3 aromatic rings. The molecule has 1 unspecified atom stereocenters. The van der Waals surface area contributed by atoms with Crippen molar-refractivity contribution < 1.29 is 28.3 Å². The fraction of sp³-hybridized carbons (Fsp3) is 0.421. The molecule has 2 aliphatic rings. The second kappa shape index (κ2) is 8.49. The van der Waals surface area contributed by atoms with Crippen LogP contribution in [-0.2, 0) is 24.9 Å². The lowest BCUT2D eigenvalue weighted by Gasteiger charge is -2.26. The Morgan fingerprint density at radius 3 is 2.88 bits per heavy atom. The van der Waals surface area contributed by atoms with Crippen LogP contribution in [0, 0.1) is 0 Å². The second-order valence-electron chi connectivity index (χ2n) is 7.52. The van der Waals surface area contributed by atoms with E-state index in [4.69, 9.17) is 24.3 Å². The molecule has 4 heterocycles. The highest BCUT2D eigenvalue weighted by molar-refractivity contribution is 7.54. The zero-order chi connectivity index (χ0) is 22.3. The Morgan fingerprint density at radius 1 is 1.28 bits per heavy atom. The molecule has 0 radical (unpaired) electrons. The van der Waals surface area contributed by atoms with Crippen molar-refractivity contribution in [1.29, 1.82) is 0 Å². The molecule has 5 rings (SSSR count). The van der Waals surface area contributed by atoms with E-state index in [2.05, 4.69) is 32.4 Å². The number of nitrogen functional groups attached to an aromatic ring is 1. The summed E-state index contributed by atoms with van der Waals surface area (Å²) in [5, 5.41) is 3.33. The maximum Gasteiger partial charge on any atom is 0.570 e. The lowest BCUT2D eigenvalue weighted by atomic mass is 10.1. The van der Waals surface area contributed by atoms with Gasteiger partial charge < -0.3 is 20.5 Å². The minimum atomic E-state index is -3.93. The van der Waals surface area contributed by atoms with E-state index >= 15 is 0 Å². The van der Waals surface area contributed by atoms with Gasteiger partial charge in [-0.05, 0) is 12.0 Å². The van der Waals surface area contributed by atoms with Gasteiger partial charge in [0.2, 0.25) is 5.95 Å². The van der Waals surface area contributed by atoms with E-state index in [0.717, 1.165) is 6.42 Å². The number of rotatable bonds is 6. The summed E-state index contributed by atoms with van der Waals surface area (Å²) >= 11 is 0. The average molecular weight is 463 g/mol. The zero-order valence-corrected chi connectivity index (χ0v) is 18.1. The van der Waals surface area contributed by atoms with Crippen LogP contribution in [0.3, 0.4) is 0 Å². The monoisotopic (exact) mass is 463 g/mol. The fourth-order valence-electron chi connectivity index (χ4n) is 4.04. The minimum Gasteiger partial charge on any atom is -0.382 e. The molecule has 4 atom stereocenters. The summed E-state index contributed by atoms with van der Waals surface area (Å²) in [5.74, 6) is 0.711. The minimum absolute atomic E-state index is 0.0394. The number of aromatic nitrogens is 4. The van der Waals surface area contributed by atoms with Gasteiger partial charge in [0.1, 0.15) is 25.1 Å². The molecule has 2 aliphatic heterocycles. The van der Waals surface area contributed by atoms with Crippen LogP contribution in [0.25, 0.3) is 11.2 Å². The molecule has 0 aliphatic carbocycles. The Kier molecular flexibility index (Phi) is 5.68. The van der Waals surface area contributed by atoms with E-state index < -0.39 is 32.7 Å². The number of nitrogens with two attached hydrogens (primary N) is 1. The van der Waals surface area contributed by atoms with Crippen LogP contribution in [0.1, 0.15) is 11.8 Å². The number of anilines is 2. The lowest BCUT2D eigenvalue weighted by molar-refractivity contribution is -0.0745. The maximum absolute atomic E-state index is 9.88. The van der Waals surface area contributed by atoms with Crippen LogP contribution in [0.5, 0.6) is 0 Å². The first-order valence-electron chi connectivity index (χ1n) is 10.1. The largest absolute Gasteiger partial charge is 0.570 e. The molecule has 0 spiro atoms. The van der Waals surface area contributed by atoms with Gasteiger partial charge in [-0.2, -0.15) is 14.3 Å². The van der Waals surface area contributed by atoms with Gasteiger partial charge in [0.05, 0.1) is 0 Å². The third-order valence-electron chi connectivity index (χ3n) is 5.52. The first-order valence-corrected chi connectivity index (χ1v) is 11.6. The lowest BCUT2D eigenvalue weighted by Crippen LogP contribution is -2.41. The fourth-order valence-corrected chi connectivity index (χ4v) is 5.02. The smallest absolute Gasteiger partial charge is 0.382 e. The molecule has 32 heavy (non-hydrogen) atoms. The number of imidazole rings is 1. The molecule has 0 saturated carbocycles. The van der Waals surface area contributed by atoms with Crippen molar-refractivity contribution in [3.63, 3.8) is 0 Å². The van der Waals surface area contributed by atoms with Crippen molar-refractivity contribution in [2.45, 2.75) is 31.0 Å². The SMILES string of the molecule is COC1[C@H]2O[P+](O)(O)OC[C@@H]2O[C@H]1n1c(NCCc2ccccc2)nc2c(N)ncnc21. The summed E-state index contributed by atoms with van der Waals surface area (Å²) < 4.78 is 24.0. The highest BCUT2D eigenvalue weighted by atomic mass is 31.2. The van der Waals surface area contributed by atoms with E-state index in [0.29, 0.717) is 23.7 Å².